The van der Waals surface area contributed by atoms with Crippen LogP contribution in [-0.2, 0) is 4.79 Å². The Hall–Kier alpha value is -1.41. The Balaban J connectivity index is 4.22. The first kappa shape index (κ1) is 12.6. The van der Waals surface area contributed by atoms with Crippen molar-refractivity contribution in [1.82, 2.24) is 0 Å². The number of hydrogen-bond donors (Lipinski definition) is 2. The SMILES string of the molecule is CC(=NCC[NH+](C)C)C(C#N)C(N)=O. The van der Waals surface area contributed by atoms with Crippen LogP contribution in [0.5, 0.6) is 0 Å². The van der Waals surface area contributed by atoms with Gasteiger partial charge in [-0.3, -0.25) is 9.79 Å². The number of hydrogen-bond acceptors (Lipinski definition) is 3. The van der Waals surface area contributed by atoms with Gasteiger partial charge in [0, 0.05) is 5.71 Å². The standard InChI is InChI=1S/C9H16N4O/c1-7(8(6-10)9(11)14)12-4-5-13(2)3/h8H,4-5H2,1-3H3,(H2,11,14)/p+1. The molecule has 0 aromatic heterocycles. The average Bonchev–Trinajstić information content (AvgIpc) is 2.03. The number of rotatable bonds is 5. The zero-order valence-electron chi connectivity index (χ0n) is 8.87. The fraction of sp³-hybridized carbons (Fsp3) is 0.667. The second kappa shape index (κ2) is 6.11. The van der Waals surface area contributed by atoms with Crippen molar-refractivity contribution in [3.8, 4) is 6.07 Å². The minimum Gasteiger partial charge on any atom is -0.368 e. The van der Waals surface area contributed by atoms with Crippen LogP contribution in [-0.4, -0.2) is 38.8 Å². The van der Waals surface area contributed by atoms with Gasteiger partial charge in [-0.25, -0.2) is 0 Å². The molecule has 1 unspecified atom stereocenters. The van der Waals surface area contributed by atoms with Crippen LogP contribution in [0.2, 0.25) is 0 Å². The maximum absolute atomic E-state index is 10.8. The molecule has 0 radical (unpaired) electrons. The van der Waals surface area contributed by atoms with Gasteiger partial charge >= 0.3 is 0 Å². The fourth-order valence-electron chi connectivity index (χ4n) is 0.910. The maximum Gasteiger partial charge on any atom is 0.240 e. The van der Waals surface area contributed by atoms with E-state index in [0.29, 0.717) is 12.3 Å². The first-order valence-corrected chi connectivity index (χ1v) is 4.48. The Morgan fingerprint density at radius 2 is 2.21 bits per heavy atom. The van der Waals surface area contributed by atoms with Gasteiger partial charge < -0.3 is 10.6 Å². The van der Waals surface area contributed by atoms with Crippen molar-refractivity contribution in [2.75, 3.05) is 27.2 Å². The second-order valence-corrected chi connectivity index (χ2v) is 3.44. The molecule has 5 heteroatoms. The Morgan fingerprint density at radius 3 is 2.57 bits per heavy atom. The van der Waals surface area contributed by atoms with Crippen molar-refractivity contribution < 1.29 is 9.69 Å². The third kappa shape index (κ3) is 4.58. The molecule has 0 aromatic rings. The van der Waals surface area contributed by atoms with Gasteiger partial charge in [0.15, 0.2) is 5.92 Å². The van der Waals surface area contributed by atoms with E-state index in [-0.39, 0.29) is 0 Å². The molecule has 5 nitrogen and oxygen atoms in total. The Kier molecular flexibility index (Phi) is 5.49. The number of likely N-dealkylation sites (N-methyl/N-ethyl adjacent to an activating group) is 1. The number of aliphatic imine (C=N–C) groups is 1. The number of nitriles is 1. The van der Waals surface area contributed by atoms with Crippen molar-refractivity contribution in [2.45, 2.75) is 6.92 Å². The van der Waals surface area contributed by atoms with Crippen LogP contribution in [0.4, 0.5) is 0 Å². The molecule has 0 saturated heterocycles. The highest BCUT2D eigenvalue weighted by atomic mass is 16.1. The van der Waals surface area contributed by atoms with Crippen LogP contribution < -0.4 is 10.6 Å². The van der Waals surface area contributed by atoms with E-state index in [0.717, 1.165) is 6.54 Å². The van der Waals surface area contributed by atoms with Crippen LogP contribution in [0, 0.1) is 17.2 Å². The van der Waals surface area contributed by atoms with E-state index < -0.39 is 11.8 Å². The molecule has 1 atom stereocenters. The highest BCUT2D eigenvalue weighted by molar-refractivity contribution is 6.04. The van der Waals surface area contributed by atoms with Gasteiger partial charge in [-0.15, -0.1) is 0 Å². The van der Waals surface area contributed by atoms with Crippen LogP contribution in [0.15, 0.2) is 4.99 Å². The molecule has 0 spiro atoms. The van der Waals surface area contributed by atoms with Gasteiger partial charge in [-0.05, 0) is 6.92 Å². The summed E-state index contributed by atoms with van der Waals surface area (Å²) in [6.45, 7) is 3.14. The molecule has 0 aliphatic rings. The number of carbonyl (C=O) groups is 1. The lowest BCUT2D eigenvalue weighted by molar-refractivity contribution is -0.856. The maximum atomic E-state index is 10.8. The summed E-state index contributed by atoms with van der Waals surface area (Å²) in [5, 5.41) is 8.64. The van der Waals surface area contributed by atoms with Crippen molar-refractivity contribution in [3.05, 3.63) is 0 Å². The number of nitrogens with zero attached hydrogens (tertiary/aromatic N) is 2. The van der Waals surface area contributed by atoms with Gasteiger partial charge in [0.25, 0.3) is 0 Å². The largest absolute Gasteiger partial charge is 0.368 e. The lowest BCUT2D eigenvalue weighted by Gasteiger charge is -2.06. The minimum atomic E-state index is -0.882. The third-order valence-corrected chi connectivity index (χ3v) is 1.80. The number of amides is 1. The Labute approximate surface area is 84.2 Å². The first-order valence-electron chi connectivity index (χ1n) is 4.48. The van der Waals surface area contributed by atoms with Gasteiger partial charge in [-0.2, -0.15) is 5.26 Å². The van der Waals surface area contributed by atoms with E-state index in [9.17, 15) is 4.79 Å². The van der Waals surface area contributed by atoms with Crippen molar-refractivity contribution >= 4 is 11.6 Å². The first-order chi connectivity index (χ1) is 6.49. The molecule has 0 rings (SSSR count). The zero-order valence-corrected chi connectivity index (χ0v) is 8.87. The summed E-state index contributed by atoms with van der Waals surface area (Å²) in [6.07, 6.45) is 0. The van der Waals surface area contributed by atoms with Crippen LogP contribution in [0.3, 0.4) is 0 Å². The van der Waals surface area contributed by atoms with E-state index in [1.165, 1.54) is 4.90 Å². The minimum absolute atomic E-state index is 0.501. The second-order valence-electron chi connectivity index (χ2n) is 3.44. The molecule has 0 fully saturated rings. The topological polar surface area (TPSA) is 83.7 Å². The summed E-state index contributed by atoms with van der Waals surface area (Å²) >= 11 is 0. The van der Waals surface area contributed by atoms with Gasteiger partial charge in [0.05, 0.1) is 33.3 Å². The third-order valence-electron chi connectivity index (χ3n) is 1.80. The summed E-state index contributed by atoms with van der Waals surface area (Å²) in [5.41, 5.74) is 5.53. The number of primary amides is 1. The molecular weight excluding hydrogens is 180 g/mol. The molecule has 14 heavy (non-hydrogen) atoms. The summed E-state index contributed by atoms with van der Waals surface area (Å²) in [4.78, 5) is 16.2. The predicted octanol–water partition coefficient (Wildman–Crippen LogP) is -1.78. The quantitative estimate of drug-likeness (QED) is 0.511. The molecule has 0 aliphatic carbocycles. The summed E-state index contributed by atoms with van der Waals surface area (Å²) in [7, 11) is 4.03. The van der Waals surface area contributed by atoms with Gasteiger partial charge in [-0.1, -0.05) is 0 Å². The summed E-state index contributed by atoms with van der Waals surface area (Å²) < 4.78 is 0. The molecule has 1 amide bonds. The van der Waals surface area contributed by atoms with Crippen molar-refractivity contribution in [3.63, 3.8) is 0 Å². The molecule has 78 valence electrons. The molecule has 0 saturated carbocycles. The lowest BCUT2D eigenvalue weighted by atomic mass is 10.1. The summed E-state index contributed by atoms with van der Waals surface area (Å²) in [6, 6.07) is 1.83. The van der Waals surface area contributed by atoms with E-state index in [1.54, 1.807) is 6.92 Å². The summed E-state index contributed by atoms with van der Waals surface area (Å²) in [5.74, 6) is -1.52. The fourth-order valence-corrected chi connectivity index (χ4v) is 0.910. The molecule has 0 aliphatic heterocycles. The Morgan fingerprint density at radius 1 is 1.64 bits per heavy atom. The molecule has 0 aromatic carbocycles. The van der Waals surface area contributed by atoms with Crippen LogP contribution in [0.1, 0.15) is 6.92 Å². The van der Waals surface area contributed by atoms with Crippen molar-refractivity contribution in [2.24, 2.45) is 16.6 Å². The monoisotopic (exact) mass is 197 g/mol. The van der Waals surface area contributed by atoms with E-state index in [4.69, 9.17) is 11.0 Å². The van der Waals surface area contributed by atoms with E-state index in [1.807, 2.05) is 20.2 Å². The normalized spacial score (nSPS) is 13.8. The van der Waals surface area contributed by atoms with E-state index >= 15 is 0 Å². The number of quaternary nitrogens is 1. The lowest BCUT2D eigenvalue weighted by Crippen LogP contribution is -3.06. The highest BCUT2D eigenvalue weighted by Gasteiger charge is 2.17. The van der Waals surface area contributed by atoms with Crippen molar-refractivity contribution in [1.29, 1.82) is 5.26 Å². The smallest absolute Gasteiger partial charge is 0.240 e. The highest BCUT2D eigenvalue weighted by Crippen LogP contribution is 1.96. The number of nitrogens with two attached hydrogens (primary N) is 1. The van der Waals surface area contributed by atoms with E-state index in [2.05, 4.69) is 4.99 Å². The zero-order chi connectivity index (χ0) is 11.1. The molecular formula is C9H17N4O+. The van der Waals surface area contributed by atoms with Gasteiger partial charge in [0.2, 0.25) is 5.91 Å². The van der Waals surface area contributed by atoms with Gasteiger partial charge in [0.1, 0.15) is 0 Å². The molecule has 0 bridgehead atoms. The van der Waals surface area contributed by atoms with Crippen LogP contribution >= 0.6 is 0 Å². The molecule has 0 heterocycles. The van der Waals surface area contributed by atoms with Crippen LogP contribution in [0.25, 0.3) is 0 Å². The average molecular weight is 197 g/mol. The predicted molar refractivity (Wildman–Crippen MR) is 54.0 cm³/mol. The number of carbonyl (C=O) groups excluding carboxylic acids is 1. The molecule has 3 N–H and O–H groups in total. The Bertz CT molecular complexity index is 264. The number of nitrogens with one attached hydrogen (secondary N) is 1.